The summed E-state index contributed by atoms with van der Waals surface area (Å²) in [4.78, 5) is 30.3. The number of hydrogen-bond donors (Lipinski definition) is 1. The number of carbonyl (C=O) groups excluding carboxylic acids is 2. The Balaban J connectivity index is 1.70. The third-order valence-electron chi connectivity index (χ3n) is 4.80. The Morgan fingerprint density at radius 2 is 1.96 bits per heavy atom. The van der Waals surface area contributed by atoms with E-state index >= 15 is 0 Å². The van der Waals surface area contributed by atoms with Crippen LogP contribution < -0.4 is 15.0 Å². The number of hydrogen-bond acceptors (Lipinski definition) is 4. The quantitative estimate of drug-likeness (QED) is 0.909. The van der Waals surface area contributed by atoms with Crippen molar-refractivity contribution in [2.75, 3.05) is 57.1 Å². The second-order valence-corrected chi connectivity index (χ2v) is 6.61. The average molecular weight is 346 g/mol. The van der Waals surface area contributed by atoms with Crippen LogP contribution in [0.15, 0.2) is 18.2 Å². The van der Waals surface area contributed by atoms with Gasteiger partial charge in [-0.1, -0.05) is 0 Å². The molecule has 0 aliphatic carbocycles. The van der Waals surface area contributed by atoms with Gasteiger partial charge in [-0.2, -0.15) is 0 Å². The van der Waals surface area contributed by atoms with Gasteiger partial charge in [0.2, 0.25) is 5.91 Å². The summed E-state index contributed by atoms with van der Waals surface area (Å²) in [6.07, 6.45) is 2.41. The van der Waals surface area contributed by atoms with Gasteiger partial charge >= 0.3 is 6.03 Å². The highest BCUT2D eigenvalue weighted by Gasteiger charge is 2.25. The molecule has 1 aromatic carbocycles. The molecule has 2 aliphatic heterocycles. The lowest BCUT2D eigenvalue weighted by Crippen LogP contribution is -2.37. The number of ether oxygens (including phenoxy) is 1. The second-order valence-electron chi connectivity index (χ2n) is 6.61. The van der Waals surface area contributed by atoms with Crippen LogP contribution in [0.25, 0.3) is 0 Å². The Morgan fingerprint density at radius 3 is 2.68 bits per heavy atom. The summed E-state index contributed by atoms with van der Waals surface area (Å²) >= 11 is 0. The highest BCUT2D eigenvalue weighted by atomic mass is 16.5. The number of likely N-dealkylation sites (N-methyl/N-ethyl adjacent to an activating group) is 1. The van der Waals surface area contributed by atoms with E-state index in [9.17, 15) is 9.59 Å². The van der Waals surface area contributed by atoms with Crippen molar-refractivity contribution in [2.24, 2.45) is 0 Å². The molecule has 0 spiro atoms. The Morgan fingerprint density at radius 1 is 1.12 bits per heavy atom. The van der Waals surface area contributed by atoms with E-state index in [-0.39, 0.29) is 11.9 Å². The van der Waals surface area contributed by atoms with E-state index in [1.54, 1.807) is 18.1 Å². The van der Waals surface area contributed by atoms with Crippen molar-refractivity contribution in [1.29, 1.82) is 0 Å². The Kier molecular flexibility index (Phi) is 5.43. The van der Waals surface area contributed by atoms with Gasteiger partial charge in [0, 0.05) is 44.4 Å². The molecule has 1 aromatic rings. The highest BCUT2D eigenvalue weighted by molar-refractivity contribution is 5.97. The summed E-state index contributed by atoms with van der Waals surface area (Å²) in [6.45, 7) is 4.08. The molecule has 1 N–H and O–H groups in total. The van der Waals surface area contributed by atoms with Crippen molar-refractivity contribution in [1.82, 2.24) is 9.80 Å². The number of rotatable bonds is 3. The number of methoxy groups -OCH3 is 1. The van der Waals surface area contributed by atoms with E-state index in [1.807, 2.05) is 17.0 Å². The van der Waals surface area contributed by atoms with E-state index in [0.29, 0.717) is 24.4 Å². The van der Waals surface area contributed by atoms with Crippen LogP contribution >= 0.6 is 0 Å². The summed E-state index contributed by atoms with van der Waals surface area (Å²) in [5.41, 5.74) is 1.44. The fraction of sp³-hybridized carbons (Fsp3) is 0.556. The molecule has 3 amide bonds. The minimum atomic E-state index is -0.0950. The summed E-state index contributed by atoms with van der Waals surface area (Å²) in [5, 5.41) is 2.94. The number of nitrogens with one attached hydrogen (secondary N) is 1. The Bertz CT molecular complexity index is 649. The van der Waals surface area contributed by atoms with Crippen LogP contribution in [0.2, 0.25) is 0 Å². The van der Waals surface area contributed by atoms with Crippen LogP contribution in [0.4, 0.5) is 16.2 Å². The molecule has 2 aliphatic rings. The number of nitrogens with zero attached hydrogens (tertiary/aromatic N) is 3. The lowest BCUT2D eigenvalue weighted by molar-refractivity contribution is -0.117. The zero-order chi connectivity index (χ0) is 17.8. The Hall–Kier alpha value is -2.28. The summed E-state index contributed by atoms with van der Waals surface area (Å²) < 4.78 is 5.44. The lowest BCUT2D eigenvalue weighted by Gasteiger charge is -2.22. The monoisotopic (exact) mass is 346 g/mol. The molecule has 2 heterocycles. The predicted molar refractivity (Wildman–Crippen MR) is 97.3 cm³/mol. The third-order valence-corrected chi connectivity index (χ3v) is 4.80. The second kappa shape index (κ2) is 7.74. The fourth-order valence-corrected chi connectivity index (χ4v) is 3.33. The molecule has 136 valence electrons. The van der Waals surface area contributed by atoms with E-state index in [4.69, 9.17) is 4.74 Å². The zero-order valence-electron chi connectivity index (χ0n) is 15.0. The van der Waals surface area contributed by atoms with E-state index in [1.165, 1.54) is 0 Å². The first-order valence-corrected chi connectivity index (χ1v) is 8.81. The number of urea groups is 1. The van der Waals surface area contributed by atoms with Crippen molar-refractivity contribution < 1.29 is 14.3 Å². The molecule has 3 rings (SSSR count). The van der Waals surface area contributed by atoms with Gasteiger partial charge in [-0.25, -0.2) is 4.79 Å². The molecule has 2 fully saturated rings. The molecule has 0 radical (unpaired) electrons. The van der Waals surface area contributed by atoms with Gasteiger partial charge in [0.25, 0.3) is 0 Å². The molecule has 0 saturated carbocycles. The van der Waals surface area contributed by atoms with Crippen LogP contribution in [0.5, 0.6) is 5.75 Å². The first-order chi connectivity index (χ1) is 12.1. The van der Waals surface area contributed by atoms with Gasteiger partial charge in [-0.3, -0.25) is 4.79 Å². The predicted octanol–water partition coefficient (Wildman–Crippen LogP) is 1.99. The van der Waals surface area contributed by atoms with Gasteiger partial charge in [0.1, 0.15) is 5.75 Å². The highest BCUT2D eigenvalue weighted by Crippen LogP contribution is 2.33. The van der Waals surface area contributed by atoms with Crippen molar-refractivity contribution in [3.63, 3.8) is 0 Å². The minimum Gasteiger partial charge on any atom is -0.494 e. The fourth-order valence-electron chi connectivity index (χ4n) is 3.33. The van der Waals surface area contributed by atoms with Crippen LogP contribution in [0.1, 0.15) is 19.3 Å². The van der Waals surface area contributed by atoms with Gasteiger partial charge in [0.05, 0.1) is 12.8 Å². The van der Waals surface area contributed by atoms with Crippen molar-refractivity contribution in [3.05, 3.63) is 18.2 Å². The molecule has 25 heavy (non-hydrogen) atoms. The molecule has 0 bridgehead atoms. The third kappa shape index (κ3) is 4.04. The average Bonchev–Trinajstić information content (AvgIpc) is 2.90. The van der Waals surface area contributed by atoms with Gasteiger partial charge in [-0.15, -0.1) is 0 Å². The van der Waals surface area contributed by atoms with E-state index in [0.717, 1.165) is 44.7 Å². The minimum absolute atomic E-state index is 0.0950. The molecular weight excluding hydrogens is 320 g/mol. The van der Waals surface area contributed by atoms with Crippen LogP contribution in [0, 0.1) is 0 Å². The van der Waals surface area contributed by atoms with Crippen LogP contribution in [-0.2, 0) is 4.79 Å². The van der Waals surface area contributed by atoms with E-state index < -0.39 is 0 Å². The molecule has 0 atom stereocenters. The number of anilines is 2. The number of amides is 3. The first kappa shape index (κ1) is 17.5. The Labute approximate surface area is 148 Å². The number of carbonyl (C=O) groups is 2. The van der Waals surface area contributed by atoms with E-state index in [2.05, 4.69) is 17.3 Å². The molecular formula is C18H26N4O3. The van der Waals surface area contributed by atoms with Crippen molar-refractivity contribution >= 4 is 23.3 Å². The van der Waals surface area contributed by atoms with Gasteiger partial charge in [-0.05, 0) is 38.6 Å². The maximum absolute atomic E-state index is 12.5. The van der Waals surface area contributed by atoms with Crippen LogP contribution in [-0.4, -0.2) is 68.6 Å². The maximum atomic E-state index is 12.5. The summed E-state index contributed by atoms with van der Waals surface area (Å²) in [5.74, 6) is 0.715. The summed E-state index contributed by atoms with van der Waals surface area (Å²) in [6, 6.07) is 5.35. The summed E-state index contributed by atoms with van der Waals surface area (Å²) in [7, 11) is 3.65. The molecule has 2 saturated heterocycles. The van der Waals surface area contributed by atoms with Crippen LogP contribution in [0.3, 0.4) is 0 Å². The molecule has 0 aromatic heterocycles. The largest absolute Gasteiger partial charge is 0.494 e. The van der Waals surface area contributed by atoms with Gasteiger partial charge in [0.15, 0.2) is 0 Å². The SMILES string of the molecule is COc1cc(NC(=O)N2CCCN(C)CC2)ccc1N1CCCC1=O. The number of benzene rings is 1. The first-order valence-electron chi connectivity index (χ1n) is 8.81. The van der Waals surface area contributed by atoms with Crippen molar-refractivity contribution in [2.45, 2.75) is 19.3 Å². The lowest BCUT2D eigenvalue weighted by atomic mass is 10.2. The normalized spacial score (nSPS) is 19.0. The maximum Gasteiger partial charge on any atom is 0.321 e. The molecule has 0 unspecified atom stereocenters. The topological polar surface area (TPSA) is 65.1 Å². The molecule has 7 heteroatoms. The standard InChI is InChI=1S/C18H26N4O3/c1-20-8-4-9-21(12-11-20)18(24)19-14-6-7-15(16(13-14)25-2)22-10-3-5-17(22)23/h6-7,13H,3-5,8-12H2,1-2H3,(H,19,24). The zero-order valence-corrected chi connectivity index (χ0v) is 15.0. The van der Waals surface area contributed by atoms with Crippen molar-refractivity contribution in [3.8, 4) is 5.75 Å². The molecule has 7 nitrogen and oxygen atoms in total. The smallest absolute Gasteiger partial charge is 0.321 e. The van der Waals surface area contributed by atoms with Gasteiger partial charge < -0.3 is 24.8 Å².